The standard InChI is InChI=1S/C10H13N3O3/c1-11-6-7-12-10(14)8-2-4-9(5-3-8)13(15)16/h2-5,11H,6-7H2,1H3,(H,12,14). The van der Waals surface area contributed by atoms with Crippen molar-refractivity contribution in [3.63, 3.8) is 0 Å². The van der Waals surface area contributed by atoms with Gasteiger partial charge in [0.25, 0.3) is 11.6 Å². The average molecular weight is 223 g/mol. The van der Waals surface area contributed by atoms with Gasteiger partial charge < -0.3 is 10.6 Å². The van der Waals surface area contributed by atoms with Crippen LogP contribution in [0.3, 0.4) is 0 Å². The molecule has 1 aromatic rings. The number of hydrogen-bond donors (Lipinski definition) is 2. The molecule has 0 unspecified atom stereocenters. The molecular formula is C10H13N3O3. The Balaban J connectivity index is 2.59. The van der Waals surface area contributed by atoms with Gasteiger partial charge in [0.05, 0.1) is 4.92 Å². The molecule has 0 aliphatic heterocycles. The summed E-state index contributed by atoms with van der Waals surface area (Å²) in [7, 11) is 1.79. The monoisotopic (exact) mass is 223 g/mol. The van der Waals surface area contributed by atoms with Crippen LogP contribution in [0.4, 0.5) is 5.69 Å². The Morgan fingerprint density at radius 1 is 1.31 bits per heavy atom. The zero-order chi connectivity index (χ0) is 12.0. The van der Waals surface area contributed by atoms with Crippen LogP contribution in [0.2, 0.25) is 0 Å². The highest BCUT2D eigenvalue weighted by atomic mass is 16.6. The summed E-state index contributed by atoms with van der Waals surface area (Å²) >= 11 is 0. The van der Waals surface area contributed by atoms with E-state index < -0.39 is 4.92 Å². The van der Waals surface area contributed by atoms with Gasteiger partial charge in [-0.15, -0.1) is 0 Å². The van der Waals surface area contributed by atoms with Crippen molar-refractivity contribution < 1.29 is 9.72 Å². The fourth-order valence-corrected chi connectivity index (χ4v) is 1.14. The maximum atomic E-state index is 11.5. The van der Waals surface area contributed by atoms with Gasteiger partial charge in [-0.1, -0.05) is 0 Å². The Morgan fingerprint density at radius 3 is 2.44 bits per heavy atom. The van der Waals surface area contributed by atoms with Crippen molar-refractivity contribution in [1.82, 2.24) is 10.6 Å². The molecule has 0 aromatic heterocycles. The van der Waals surface area contributed by atoms with E-state index in [1.54, 1.807) is 7.05 Å². The first-order valence-corrected chi connectivity index (χ1v) is 4.82. The zero-order valence-electron chi connectivity index (χ0n) is 8.90. The maximum absolute atomic E-state index is 11.5. The van der Waals surface area contributed by atoms with Crippen LogP contribution in [-0.2, 0) is 0 Å². The summed E-state index contributed by atoms with van der Waals surface area (Å²) in [6.45, 7) is 1.20. The van der Waals surface area contributed by atoms with Gasteiger partial charge in [-0.05, 0) is 19.2 Å². The lowest BCUT2D eigenvalue weighted by Gasteiger charge is -2.04. The van der Waals surface area contributed by atoms with Crippen LogP contribution in [0.5, 0.6) is 0 Å². The van der Waals surface area contributed by atoms with E-state index in [4.69, 9.17) is 0 Å². The van der Waals surface area contributed by atoms with Gasteiger partial charge in [-0.3, -0.25) is 14.9 Å². The number of amides is 1. The molecule has 0 fully saturated rings. The Bertz CT molecular complexity index is 375. The molecule has 1 aromatic carbocycles. The van der Waals surface area contributed by atoms with Crippen molar-refractivity contribution >= 4 is 11.6 Å². The van der Waals surface area contributed by atoms with Crippen LogP contribution in [0.1, 0.15) is 10.4 Å². The number of nitro benzene ring substituents is 1. The second kappa shape index (κ2) is 5.82. The normalized spacial score (nSPS) is 9.81. The fourth-order valence-electron chi connectivity index (χ4n) is 1.14. The van der Waals surface area contributed by atoms with Gasteiger partial charge in [0.15, 0.2) is 0 Å². The fraction of sp³-hybridized carbons (Fsp3) is 0.300. The molecule has 0 saturated carbocycles. The van der Waals surface area contributed by atoms with Crippen molar-refractivity contribution in [1.29, 1.82) is 0 Å². The van der Waals surface area contributed by atoms with E-state index in [1.165, 1.54) is 24.3 Å². The van der Waals surface area contributed by atoms with E-state index in [9.17, 15) is 14.9 Å². The number of carbonyl (C=O) groups is 1. The first kappa shape index (κ1) is 12.1. The van der Waals surface area contributed by atoms with Crippen molar-refractivity contribution in [2.24, 2.45) is 0 Å². The Hall–Kier alpha value is -1.95. The Labute approximate surface area is 92.8 Å². The van der Waals surface area contributed by atoms with Gasteiger partial charge in [0.1, 0.15) is 0 Å². The number of hydrogen-bond acceptors (Lipinski definition) is 4. The third-order valence-corrected chi connectivity index (χ3v) is 2.00. The van der Waals surface area contributed by atoms with Crippen molar-refractivity contribution in [3.8, 4) is 0 Å². The molecule has 0 saturated heterocycles. The molecule has 0 atom stereocenters. The number of likely N-dealkylation sites (N-methyl/N-ethyl adjacent to an activating group) is 1. The first-order chi connectivity index (χ1) is 7.65. The molecule has 86 valence electrons. The van der Waals surface area contributed by atoms with Crippen LogP contribution in [0, 0.1) is 10.1 Å². The third kappa shape index (κ3) is 3.32. The predicted molar refractivity (Wildman–Crippen MR) is 59.4 cm³/mol. The van der Waals surface area contributed by atoms with E-state index in [2.05, 4.69) is 10.6 Å². The largest absolute Gasteiger partial charge is 0.351 e. The van der Waals surface area contributed by atoms with E-state index in [-0.39, 0.29) is 11.6 Å². The lowest BCUT2D eigenvalue weighted by Crippen LogP contribution is -2.30. The Kier molecular flexibility index (Phi) is 4.41. The van der Waals surface area contributed by atoms with Crippen LogP contribution in [0.25, 0.3) is 0 Å². The number of non-ortho nitro benzene ring substituents is 1. The van der Waals surface area contributed by atoms with E-state index >= 15 is 0 Å². The molecule has 0 spiro atoms. The summed E-state index contributed by atoms with van der Waals surface area (Å²) in [4.78, 5) is 21.4. The highest BCUT2D eigenvalue weighted by Gasteiger charge is 2.08. The predicted octanol–water partition coefficient (Wildman–Crippen LogP) is 0.544. The summed E-state index contributed by atoms with van der Waals surface area (Å²) < 4.78 is 0. The van der Waals surface area contributed by atoms with Crippen LogP contribution in [0.15, 0.2) is 24.3 Å². The van der Waals surface area contributed by atoms with Gasteiger partial charge >= 0.3 is 0 Å². The quantitative estimate of drug-likeness (QED) is 0.433. The molecule has 0 aliphatic rings. The molecule has 0 radical (unpaired) electrons. The summed E-state index contributed by atoms with van der Waals surface area (Å²) in [5.74, 6) is -0.231. The number of nitrogens with zero attached hydrogens (tertiary/aromatic N) is 1. The molecule has 0 heterocycles. The summed E-state index contributed by atoms with van der Waals surface area (Å²) in [6, 6.07) is 5.50. The molecule has 6 heteroatoms. The maximum Gasteiger partial charge on any atom is 0.269 e. The molecule has 0 aliphatic carbocycles. The summed E-state index contributed by atoms with van der Waals surface area (Å²) in [5.41, 5.74) is 0.397. The molecular weight excluding hydrogens is 210 g/mol. The lowest BCUT2D eigenvalue weighted by atomic mass is 10.2. The molecule has 16 heavy (non-hydrogen) atoms. The number of nitrogens with one attached hydrogen (secondary N) is 2. The van der Waals surface area contributed by atoms with Gasteiger partial charge in [0.2, 0.25) is 0 Å². The van der Waals surface area contributed by atoms with Crippen molar-refractivity contribution in [2.45, 2.75) is 0 Å². The average Bonchev–Trinajstić information content (AvgIpc) is 2.29. The number of rotatable bonds is 5. The summed E-state index contributed by atoms with van der Waals surface area (Å²) in [6.07, 6.45) is 0. The second-order valence-corrected chi connectivity index (χ2v) is 3.16. The second-order valence-electron chi connectivity index (χ2n) is 3.16. The van der Waals surface area contributed by atoms with Gasteiger partial charge in [0, 0.05) is 30.8 Å². The minimum Gasteiger partial charge on any atom is -0.351 e. The van der Waals surface area contributed by atoms with Crippen LogP contribution in [-0.4, -0.2) is 31.0 Å². The van der Waals surface area contributed by atoms with E-state index in [0.717, 1.165) is 0 Å². The molecule has 1 rings (SSSR count). The van der Waals surface area contributed by atoms with Crippen LogP contribution < -0.4 is 10.6 Å². The topological polar surface area (TPSA) is 84.3 Å². The van der Waals surface area contributed by atoms with E-state index in [0.29, 0.717) is 18.7 Å². The highest BCUT2D eigenvalue weighted by Crippen LogP contribution is 2.11. The van der Waals surface area contributed by atoms with Gasteiger partial charge in [-0.2, -0.15) is 0 Å². The molecule has 2 N–H and O–H groups in total. The smallest absolute Gasteiger partial charge is 0.269 e. The molecule has 6 nitrogen and oxygen atoms in total. The lowest BCUT2D eigenvalue weighted by molar-refractivity contribution is -0.384. The van der Waals surface area contributed by atoms with E-state index in [1.807, 2.05) is 0 Å². The van der Waals surface area contributed by atoms with Gasteiger partial charge in [-0.25, -0.2) is 0 Å². The highest BCUT2D eigenvalue weighted by molar-refractivity contribution is 5.94. The SMILES string of the molecule is CNCCNC(=O)c1ccc([N+](=O)[O-])cc1. The minimum atomic E-state index is -0.497. The number of nitro groups is 1. The molecule has 1 amide bonds. The Morgan fingerprint density at radius 2 is 1.94 bits per heavy atom. The zero-order valence-corrected chi connectivity index (χ0v) is 8.90. The van der Waals surface area contributed by atoms with Crippen molar-refractivity contribution in [2.75, 3.05) is 20.1 Å². The number of benzene rings is 1. The number of carbonyl (C=O) groups excluding carboxylic acids is 1. The third-order valence-electron chi connectivity index (χ3n) is 2.00. The van der Waals surface area contributed by atoms with Crippen molar-refractivity contribution in [3.05, 3.63) is 39.9 Å². The summed E-state index contributed by atoms with van der Waals surface area (Å²) in [5, 5.41) is 16.0. The minimum absolute atomic E-state index is 0.0215. The molecule has 0 bridgehead atoms. The first-order valence-electron chi connectivity index (χ1n) is 4.82. The van der Waals surface area contributed by atoms with Crippen LogP contribution >= 0.6 is 0 Å².